The van der Waals surface area contributed by atoms with Gasteiger partial charge in [-0.1, -0.05) is 44.2 Å². The van der Waals surface area contributed by atoms with Crippen LogP contribution in [0.2, 0.25) is 0 Å². The molecule has 1 rings (SSSR count). The molecule has 0 spiro atoms. The highest BCUT2D eigenvalue weighted by Crippen LogP contribution is 2.23. The zero-order valence-corrected chi connectivity index (χ0v) is 10.4. The van der Waals surface area contributed by atoms with Crippen molar-refractivity contribution in [1.82, 2.24) is 0 Å². The first kappa shape index (κ1) is 13.2. The average Bonchev–Trinajstić information content (AvgIpc) is 2.16. The Morgan fingerprint density at radius 1 is 1.19 bits per heavy atom. The Labute approximate surface area is 97.2 Å². The lowest BCUT2D eigenvalue weighted by Gasteiger charge is -2.16. The van der Waals surface area contributed by atoms with Gasteiger partial charge in [-0.3, -0.25) is 4.55 Å². The molecule has 0 fully saturated rings. The van der Waals surface area contributed by atoms with E-state index in [1.807, 2.05) is 37.3 Å². The van der Waals surface area contributed by atoms with E-state index < -0.39 is 10.1 Å². The summed E-state index contributed by atoms with van der Waals surface area (Å²) >= 11 is 0. The van der Waals surface area contributed by atoms with Crippen molar-refractivity contribution in [2.75, 3.05) is 5.75 Å². The van der Waals surface area contributed by atoms with E-state index in [2.05, 4.69) is 6.92 Å². The highest BCUT2D eigenvalue weighted by atomic mass is 32.2. The van der Waals surface area contributed by atoms with Crippen molar-refractivity contribution in [2.45, 2.75) is 26.2 Å². The Kier molecular flexibility index (Phi) is 4.50. The summed E-state index contributed by atoms with van der Waals surface area (Å²) in [5, 5.41) is 0. The van der Waals surface area contributed by atoms with E-state index in [1.165, 1.54) is 5.56 Å². The summed E-state index contributed by atoms with van der Waals surface area (Å²) in [4.78, 5) is 0. The lowest BCUT2D eigenvalue weighted by Crippen LogP contribution is -2.14. The Morgan fingerprint density at radius 3 is 2.25 bits per heavy atom. The van der Waals surface area contributed by atoms with Crippen LogP contribution in [-0.2, 0) is 10.1 Å². The standard InChI is InChI=1S/C12H18O3S/c1-10(9-16(13,14)15)8-11(2)12-6-4-3-5-7-12/h3-7,10-11H,8-9H2,1-2H3,(H,13,14,15). The first-order valence-electron chi connectivity index (χ1n) is 5.38. The molecule has 16 heavy (non-hydrogen) atoms. The second-order valence-corrected chi connectivity index (χ2v) is 5.90. The molecule has 0 aliphatic carbocycles. The Bertz CT molecular complexity index is 411. The summed E-state index contributed by atoms with van der Waals surface area (Å²) in [5.41, 5.74) is 1.20. The van der Waals surface area contributed by atoms with Gasteiger partial charge in [0.25, 0.3) is 10.1 Å². The molecule has 2 unspecified atom stereocenters. The normalized spacial score (nSPS) is 15.7. The molecule has 1 aromatic carbocycles. The summed E-state index contributed by atoms with van der Waals surface area (Å²) in [5.74, 6) is 0.104. The monoisotopic (exact) mass is 242 g/mol. The Hall–Kier alpha value is -0.870. The van der Waals surface area contributed by atoms with Gasteiger partial charge in [0.1, 0.15) is 0 Å². The molecular weight excluding hydrogens is 224 g/mol. The zero-order valence-electron chi connectivity index (χ0n) is 9.63. The molecule has 0 saturated heterocycles. The molecule has 0 aromatic heterocycles. The van der Waals surface area contributed by atoms with Gasteiger partial charge in [0.2, 0.25) is 0 Å². The van der Waals surface area contributed by atoms with Gasteiger partial charge in [-0.25, -0.2) is 0 Å². The van der Waals surface area contributed by atoms with E-state index in [0.717, 1.165) is 6.42 Å². The fraction of sp³-hybridized carbons (Fsp3) is 0.500. The summed E-state index contributed by atoms with van der Waals surface area (Å²) in [6, 6.07) is 9.96. The molecule has 1 aromatic rings. The lowest BCUT2D eigenvalue weighted by molar-refractivity contribution is 0.454. The molecule has 0 amide bonds. The SMILES string of the molecule is CC(CC(C)c1ccccc1)CS(=O)(=O)O. The van der Waals surface area contributed by atoms with Crippen LogP contribution in [0.3, 0.4) is 0 Å². The van der Waals surface area contributed by atoms with Crippen LogP contribution in [0.4, 0.5) is 0 Å². The van der Waals surface area contributed by atoms with Gasteiger partial charge in [-0.05, 0) is 23.8 Å². The van der Waals surface area contributed by atoms with Crippen molar-refractivity contribution >= 4 is 10.1 Å². The molecule has 0 aliphatic rings. The highest BCUT2D eigenvalue weighted by Gasteiger charge is 2.16. The highest BCUT2D eigenvalue weighted by molar-refractivity contribution is 7.85. The molecule has 0 bridgehead atoms. The van der Waals surface area contributed by atoms with Crippen molar-refractivity contribution < 1.29 is 13.0 Å². The molecule has 1 N–H and O–H groups in total. The molecular formula is C12H18O3S. The van der Waals surface area contributed by atoms with Crippen LogP contribution in [0.1, 0.15) is 31.7 Å². The van der Waals surface area contributed by atoms with E-state index in [0.29, 0.717) is 5.92 Å². The minimum atomic E-state index is -3.85. The van der Waals surface area contributed by atoms with E-state index in [-0.39, 0.29) is 11.7 Å². The van der Waals surface area contributed by atoms with Crippen molar-refractivity contribution in [3.8, 4) is 0 Å². The maximum Gasteiger partial charge on any atom is 0.265 e. The maximum absolute atomic E-state index is 10.7. The van der Waals surface area contributed by atoms with Crippen LogP contribution < -0.4 is 0 Å². The Balaban J connectivity index is 2.55. The molecule has 4 heteroatoms. The van der Waals surface area contributed by atoms with E-state index >= 15 is 0 Å². The van der Waals surface area contributed by atoms with Gasteiger partial charge in [-0.15, -0.1) is 0 Å². The topological polar surface area (TPSA) is 54.4 Å². The summed E-state index contributed by atoms with van der Waals surface area (Å²) in [7, 11) is -3.85. The predicted molar refractivity (Wildman–Crippen MR) is 65.1 cm³/mol. The molecule has 90 valence electrons. The molecule has 0 heterocycles. The largest absolute Gasteiger partial charge is 0.286 e. The van der Waals surface area contributed by atoms with Gasteiger partial charge in [-0.2, -0.15) is 8.42 Å². The van der Waals surface area contributed by atoms with Crippen LogP contribution in [-0.4, -0.2) is 18.7 Å². The second kappa shape index (κ2) is 5.46. The maximum atomic E-state index is 10.7. The van der Waals surface area contributed by atoms with Gasteiger partial charge in [0.05, 0.1) is 5.75 Å². The van der Waals surface area contributed by atoms with Gasteiger partial charge in [0, 0.05) is 0 Å². The predicted octanol–water partition coefficient (Wildman–Crippen LogP) is 2.70. The van der Waals surface area contributed by atoms with Gasteiger partial charge < -0.3 is 0 Å². The van der Waals surface area contributed by atoms with Crippen molar-refractivity contribution in [2.24, 2.45) is 5.92 Å². The third-order valence-electron chi connectivity index (χ3n) is 2.62. The Morgan fingerprint density at radius 2 is 1.75 bits per heavy atom. The summed E-state index contributed by atoms with van der Waals surface area (Å²) in [6.07, 6.45) is 0.754. The molecule has 0 radical (unpaired) electrons. The minimum absolute atomic E-state index is 0.0368. The molecule has 3 nitrogen and oxygen atoms in total. The lowest BCUT2D eigenvalue weighted by atomic mass is 9.92. The molecule has 0 aliphatic heterocycles. The number of hydrogen-bond acceptors (Lipinski definition) is 2. The van der Waals surface area contributed by atoms with Crippen molar-refractivity contribution in [1.29, 1.82) is 0 Å². The van der Waals surface area contributed by atoms with E-state index in [9.17, 15) is 8.42 Å². The van der Waals surface area contributed by atoms with Crippen LogP contribution in [0, 0.1) is 5.92 Å². The van der Waals surface area contributed by atoms with Gasteiger partial charge >= 0.3 is 0 Å². The van der Waals surface area contributed by atoms with Crippen molar-refractivity contribution in [3.63, 3.8) is 0 Å². The van der Waals surface area contributed by atoms with Crippen molar-refractivity contribution in [3.05, 3.63) is 35.9 Å². The second-order valence-electron chi connectivity index (χ2n) is 4.40. The first-order chi connectivity index (χ1) is 7.38. The van der Waals surface area contributed by atoms with E-state index in [4.69, 9.17) is 4.55 Å². The third kappa shape index (κ3) is 4.77. The quantitative estimate of drug-likeness (QED) is 0.808. The molecule has 0 saturated carbocycles. The van der Waals surface area contributed by atoms with Gasteiger partial charge in [0.15, 0.2) is 0 Å². The average molecular weight is 242 g/mol. The van der Waals surface area contributed by atoms with Crippen LogP contribution in [0.25, 0.3) is 0 Å². The minimum Gasteiger partial charge on any atom is -0.286 e. The van der Waals surface area contributed by atoms with Crippen LogP contribution in [0.5, 0.6) is 0 Å². The first-order valence-corrected chi connectivity index (χ1v) is 6.99. The number of rotatable bonds is 5. The summed E-state index contributed by atoms with van der Waals surface area (Å²) < 4.78 is 30.2. The van der Waals surface area contributed by atoms with E-state index in [1.54, 1.807) is 0 Å². The fourth-order valence-electron chi connectivity index (χ4n) is 1.95. The van der Waals surface area contributed by atoms with Crippen LogP contribution >= 0.6 is 0 Å². The summed E-state index contributed by atoms with van der Waals surface area (Å²) in [6.45, 7) is 3.91. The number of hydrogen-bond donors (Lipinski definition) is 1. The van der Waals surface area contributed by atoms with Crippen LogP contribution in [0.15, 0.2) is 30.3 Å². The fourth-order valence-corrected chi connectivity index (χ4v) is 2.80. The smallest absolute Gasteiger partial charge is 0.265 e. The number of benzene rings is 1. The molecule has 2 atom stereocenters. The zero-order chi connectivity index (χ0) is 12.2. The third-order valence-corrected chi connectivity index (χ3v) is 3.61.